The highest BCUT2D eigenvalue weighted by molar-refractivity contribution is 5.44. The largest absolute Gasteiger partial charge is 0.497 e. The maximum atomic E-state index is 6.32. The van der Waals surface area contributed by atoms with Gasteiger partial charge >= 0.3 is 0 Å². The molecule has 0 aliphatic carbocycles. The topological polar surface area (TPSA) is 39.7 Å². The Morgan fingerprint density at radius 1 is 1.33 bits per heavy atom. The van der Waals surface area contributed by atoms with Gasteiger partial charge in [0.05, 0.1) is 13.7 Å². The lowest BCUT2D eigenvalue weighted by Crippen LogP contribution is -2.47. The van der Waals surface area contributed by atoms with Gasteiger partial charge < -0.3 is 19.5 Å². The molecule has 1 N–H and O–H groups in total. The van der Waals surface area contributed by atoms with E-state index >= 15 is 0 Å². The molecule has 0 saturated heterocycles. The van der Waals surface area contributed by atoms with E-state index in [0.717, 1.165) is 37.3 Å². The van der Waals surface area contributed by atoms with Gasteiger partial charge in [-0.3, -0.25) is 0 Å². The first kappa shape index (κ1) is 16.1. The van der Waals surface area contributed by atoms with E-state index in [4.69, 9.17) is 14.2 Å². The van der Waals surface area contributed by atoms with Crippen molar-refractivity contribution < 1.29 is 14.2 Å². The number of nitrogens with one attached hydrogen (secondary N) is 1. The van der Waals surface area contributed by atoms with Crippen molar-refractivity contribution in [2.45, 2.75) is 44.8 Å². The van der Waals surface area contributed by atoms with E-state index in [1.807, 2.05) is 12.1 Å². The first-order valence-electron chi connectivity index (χ1n) is 7.77. The molecule has 0 radical (unpaired) electrons. The third kappa shape index (κ3) is 3.50. The van der Waals surface area contributed by atoms with Crippen molar-refractivity contribution in [3.63, 3.8) is 0 Å². The molecule has 0 aromatic heterocycles. The molecule has 21 heavy (non-hydrogen) atoms. The molecule has 4 nitrogen and oxygen atoms in total. The first-order chi connectivity index (χ1) is 10.2. The summed E-state index contributed by atoms with van der Waals surface area (Å²) < 4.78 is 17.1. The second kappa shape index (κ2) is 7.14. The zero-order valence-corrected chi connectivity index (χ0v) is 13.6. The summed E-state index contributed by atoms with van der Waals surface area (Å²) in [6.07, 6.45) is 2.96. The minimum atomic E-state index is -0.264. The minimum absolute atomic E-state index is 0.264. The Balaban J connectivity index is 2.34. The van der Waals surface area contributed by atoms with Gasteiger partial charge in [0, 0.05) is 31.2 Å². The van der Waals surface area contributed by atoms with Crippen LogP contribution in [0.25, 0.3) is 0 Å². The number of hydrogen-bond acceptors (Lipinski definition) is 4. The van der Waals surface area contributed by atoms with Gasteiger partial charge in [0.1, 0.15) is 17.1 Å². The van der Waals surface area contributed by atoms with Gasteiger partial charge in [-0.1, -0.05) is 19.9 Å². The van der Waals surface area contributed by atoms with Crippen molar-refractivity contribution in [3.05, 3.63) is 23.8 Å². The molecule has 2 rings (SSSR count). The molecule has 0 saturated carbocycles. The van der Waals surface area contributed by atoms with Crippen LogP contribution < -0.4 is 14.8 Å². The van der Waals surface area contributed by atoms with Crippen LogP contribution in [0.3, 0.4) is 0 Å². The molecule has 2 unspecified atom stereocenters. The Hall–Kier alpha value is -1.26. The fraction of sp³-hybridized carbons (Fsp3) is 0.647. The molecule has 1 aromatic rings. The number of methoxy groups -OCH3 is 2. The van der Waals surface area contributed by atoms with Crippen LogP contribution in [0, 0.1) is 0 Å². The van der Waals surface area contributed by atoms with Crippen LogP contribution in [0.4, 0.5) is 0 Å². The summed E-state index contributed by atoms with van der Waals surface area (Å²) in [5.74, 6) is 1.74. The van der Waals surface area contributed by atoms with E-state index in [1.165, 1.54) is 5.56 Å². The van der Waals surface area contributed by atoms with E-state index in [9.17, 15) is 0 Å². The fourth-order valence-electron chi connectivity index (χ4n) is 2.95. The molecule has 0 fully saturated rings. The summed E-state index contributed by atoms with van der Waals surface area (Å²) in [5.41, 5.74) is 0.948. The monoisotopic (exact) mass is 293 g/mol. The molecule has 1 aromatic carbocycles. The Morgan fingerprint density at radius 2 is 2.14 bits per heavy atom. The van der Waals surface area contributed by atoms with E-state index in [2.05, 4.69) is 25.2 Å². The van der Waals surface area contributed by atoms with Gasteiger partial charge in [-0.15, -0.1) is 0 Å². The normalized spacial score (nSPS) is 24.3. The molecule has 2 atom stereocenters. The van der Waals surface area contributed by atoms with E-state index in [1.54, 1.807) is 14.2 Å². The Bertz CT molecular complexity index is 463. The first-order valence-corrected chi connectivity index (χ1v) is 7.77. The highest BCUT2D eigenvalue weighted by atomic mass is 16.5. The number of ether oxygens (including phenoxy) is 3. The van der Waals surface area contributed by atoms with Crippen molar-refractivity contribution in [1.29, 1.82) is 0 Å². The zero-order valence-electron chi connectivity index (χ0n) is 13.6. The quantitative estimate of drug-likeness (QED) is 0.837. The third-order valence-electron chi connectivity index (χ3n) is 4.19. The molecule has 118 valence electrons. The molecule has 1 aliphatic heterocycles. The molecule has 0 spiro atoms. The standard InChI is InChI=1S/C17H27NO3/c1-5-9-18-15-11-17(6-2,12-19-3)21-16-10-13(20-4)7-8-14(15)16/h7-8,10,15,18H,5-6,9,11-12H2,1-4H3. The van der Waals surface area contributed by atoms with Gasteiger partial charge in [-0.25, -0.2) is 0 Å². The van der Waals surface area contributed by atoms with Crippen LogP contribution in [0.2, 0.25) is 0 Å². The molecule has 1 aliphatic rings. The summed E-state index contributed by atoms with van der Waals surface area (Å²) >= 11 is 0. The zero-order chi connectivity index (χ0) is 15.3. The summed E-state index contributed by atoms with van der Waals surface area (Å²) in [6, 6.07) is 6.39. The van der Waals surface area contributed by atoms with Gasteiger partial charge in [0.2, 0.25) is 0 Å². The minimum Gasteiger partial charge on any atom is -0.497 e. The van der Waals surface area contributed by atoms with Gasteiger partial charge in [0.25, 0.3) is 0 Å². The lowest BCUT2D eigenvalue weighted by Gasteiger charge is -2.42. The van der Waals surface area contributed by atoms with E-state index in [0.29, 0.717) is 12.6 Å². The van der Waals surface area contributed by atoms with Crippen LogP contribution in [0.5, 0.6) is 11.5 Å². The van der Waals surface area contributed by atoms with Crippen molar-refractivity contribution in [3.8, 4) is 11.5 Å². The lowest BCUT2D eigenvalue weighted by molar-refractivity contribution is -0.0371. The number of fused-ring (bicyclic) bond motifs is 1. The van der Waals surface area contributed by atoms with Crippen molar-refractivity contribution in [2.24, 2.45) is 0 Å². The molecular weight excluding hydrogens is 266 g/mol. The average Bonchev–Trinajstić information content (AvgIpc) is 2.52. The Kier molecular flexibility index (Phi) is 5.48. The van der Waals surface area contributed by atoms with Gasteiger partial charge in [-0.2, -0.15) is 0 Å². The summed E-state index contributed by atoms with van der Waals surface area (Å²) in [7, 11) is 3.41. The molecule has 0 amide bonds. The van der Waals surface area contributed by atoms with Crippen LogP contribution >= 0.6 is 0 Å². The Labute approximate surface area is 127 Å². The lowest BCUT2D eigenvalue weighted by atomic mass is 9.85. The van der Waals surface area contributed by atoms with Crippen LogP contribution in [0.15, 0.2) is 18.2 Å². The van der Waals surface area contributed by atoms with Crippen molar-refractivity contribution >= 4 is 0 Å². The van der Waals surface area contributed by atoms with Crippen LogP contribution in [-0.4, -0.2) is 33.0 Å². The van der Waals surface area contributed by atoms with Crippen LogP contribution in [-0.2, 0) is 4.74 Å². The van der Waals surface area contributed by atoms with Crippen LogP contribution in [0.1, 0.15) is 44.7 Å². The molecule has 1 heterocycles. The highest BCUT2D eigenvalue weighted by Crippen LogP contribution is 2.42. The summed E-state index contributed by atoms with van der Waals surface area (Å²) in [6.45, 7) is 5.94. The predicted octanol–water partition coefficient (Wildman–Crippen LogP) is 3.31. The van der Waals surface area contributed by atoms with Gasteiger partial charge in [0.15, 0.2) is 0 Å². The maximum absolute atomic E-state index is 6.32. The molecular formula is C17H27NO3. The van der Waals surface area contributed by atoms with Crippen molar-refractivity contribution in [1.82, 2.24) is 5.32 Å². The highest BCUT2D eigenvalue weighted by Gasteiger charge is 2.39. The average molecular weight is 293 g/mol. The summed E-state index contributed by atoms with van der Waals surface area (Å²) in [5, 5.41) is 3.64. The maximum Gasteiger partial charge on any atom is 0.134 e. The molecule has 0 bridgehead atoms. The van der Waals surface area contributed by atoms with E-state index in [-0.39, 0.29) is 5.60 Å². The number of hydrogen-bond donors (Lipinski definition) is 1. The van der Waals surface area contributed by atoms with Crippen molar-refractivity contribution in [2.75, 3.05) is 27.4 Å². The SMILES string of the molecule is CCCNC1CC(CC)(COC)Oc2cc(OC)ccc21. The summed E-state index contributed by atoms with van der Waals surface area (Å²) in [4.78, 5) is 0. The number of rotatable bonds is 7. The number of benzene rings is 1. The molecule has 4 heteroatoms. The van der Waals surface area contributed by atoms with E-state index < -0.39 is 0 Å². The fourth-order valence-corrected chi connectivity index (χ4v) is 2.95. The second-order valence-corrected chi connectivity index (χ2v) is 5.69. The van der Waals surface area contributed by atoms with Gasteiger partial charge in [-0.05, 0) is 25.5 Å². The Morgan fingerprint density at radius 3 is 2.76 bits per heavy atom. The smallest absolute Gasteiger partial charge is 0.134 e. The predicted molar refractivity (Wildman–Crippen MR) is 84.2 cm³/mol. The third-order valence-corrected chi connectivity index (χ3v) is 4.19. The second-order valence-electron chi connectivity index (χ2n) is 5.69.